The first kappa shape index (κ1) is 17.5. The lowest BCUT2D eigenvalue weighted by Crippen LogP contribution is -2.54. The molecule has 2 saturated heterocycles. The fourth-order valence-electron chi connectivity index (χ4n) is 3.13. The van der Waals surface area contributed by atoms with Gasteiger partial charge in [-0.1, -0.05) is 0 Å². The second-order valence-corrected chi connectivity index (χ2v) is 6.46. The zero-order chi connectivity index (χ0) is 17.1. The van der Waals surface area contributed by atoms with Crippen LogP contribution in [0.5, 0.6) is 0 Å². The molecule has 23 heavy (non-hydrogen) atoms. The van der Waals surface area contributed by atoms with E-state index in [1.165, 1.54) is 4.90 Å². The van der Waals surface area contributed by atoms with Crippen LogP contribution < -0.4 is 0 Å². The van der Waals surface area contributed by atoms with Gasteiger partial charge < -0.3 is 24.5 Å². The van der Waals surface area contributed by atoms with Crippen molar-refractivity contribution in [3.63, 3.8) is 0 Å². The van der Waals surface area contributed by atoms with Crippen molar-refractivity contribution in [2.75, 3.05) is 40.3 Å². The number of carbonyl (C=O) groups excluding carboxylic acids is 2. The van der Waals surface area contributed by atoms with E-state index in [4.69, 9.17) is 9.84 Å². The fraction of sp³-hybridized carbons (Fsp3) is 0.800. The standard InChI is InChI=1S/C15H25N3O5/c1-10-8-18(9-12(23-10)14(20)21)13(19)11-4-6-17(7-5-11)15(22)16(2)3/h10-12H,4-9H2,1-3H3,(H,20,21)/t10-,12?/m1/s1. The first-order valence-electron chi connectivity index (χ1n) is 7.93. The van der Waals surface area contributed by atoms with Crippen molar-refractivity contribution in [1.29, 1.82) is 0 Å². The molecule has 0 aromatic heterocycles. The monoisotopic (exact) mass is 327 g/mol. The van der Waals surface area contributed by atoms with E-state index >= 15 is 0 Å². The summed E-state index contributed by atoms with van der Waals surface area (Å²) in [6, 6.07) is -0.0400. The van der Waals surface area contributed by atoms with Crippen LogP contribution in [0.15, 0.2) is 0 Å². The number of carboxylic acid groups (broad SMARTS) is 1. The van der Waals surface area contributed by atoms with E-state index in [9.17, 15) is 14.4 Å². The summed E-state index contributed by atoms with van der Waals surface area (Å²) in [5.41, 5.74) is 0. The number of ether oxygens (including phenoxy) is 1. The van der Waals surface area contributed by atoms with Gasteiger partial charge in [0.25, 0.3) is 0 Å². The third-order valence-electron chi connectivity index (χ3n) is 4.34. The summed E-state index contributed by atoms with van der Waals surface area (Å²) in [4.78, 5) is 40.5. The summed E-state index contributed by atoms with van der Waals surface area (Å²) in [7, 11) is 3.42. The van der Waals surface area contributed by atoms with E-state index in [1.54, 1.807) is 30.8 Å². The number of carbonyl (C=O) groups is 3. The topological polar surface area (TPSA) is 90.4 Å². The predicted molar refractivity (Wildman–Crippen MR) is 81.9 cm³/mol. The number of rotatable bonds is 2. The molecule has 0 radical (unpaired) electrons. The Bertz CT molecular complexity index is 474. The number of urea groups is 1. The zero-order valence-corrected chi connectivity index (χ0v) is 13.9. The number of hydrogen-bond donors (Lipinski definition) is 1. The minimum absolute atomic E-state index is 0.0247. The zero-order valence-electron chi connectivity index (χ0n) is 13.9. The van der Waals surface area contributed by atoms with Crippen molar-refractivity contribution in [1.82, 2.24) is 14.7 Å². The summed E-state index contributed by atoms with van der Waals surface area (Å²) in [5.74, 6) is -1.22. The number of piperidine rings is 1. The van der Waals surface area contributed by atoms with E-state index in [2.05, 4.69) is 0 Å². The van der Waals surface area contributed by atoms with Gasteiger partial charge in [0, 0.05) is 39.6 Å². The molecule has 8 heteroatoms. The van der Waals surface area contributed by atoms with E-state index < -0.39 is 12.1 Å². The highest BCUT2D eigenvalue weighted by Gasteiger charge is 2.36. The minimum atomic E-state index is -1.04. The number of hydrogen-bond acceptors (Lipinski definition) is 4. The van der Waals surface area contributed by atoms with Gasteiger partial charge in [-0.2, -0.15) is 0 Å². The maximum absolute atomic E-state index is 12.6. The number of carboxylic acids is 1. The Morgan fingerprint density at radius 1 is 1.09 bits per heavy atom. The maximum atomic E-state index is 12.6. The van der Waals surface area contributed by atoms with E-state index in [1.807, 2.05) is 0 Å². The van der Waals surface area contributed by atoms with Crippen LogP contribution in [0.4, 0.5) is 4.79 Å². The van der Waals surface area contributed by atoms with Gasteiger partial charge in [0.1, 0.15) is 0 Å². The largest absolute Gasteiger partial charge is 0.479 e. The summed E-state index contributed by atoms with van der Waals surface area (Å²) < 4.78 is 5.34. The fourth-order valence-corrected chi connectivity index (χ4v) is 3.13. The molecule has 0 aromatic rings. The van der Waals surface area contributed by atoms with Crippen molar-refractivity contribution in [2.24, 2.45) is 5.92 Å². The Morgan fingerprint density at radius 3 is 2.22 bits per heavy atom. The molecule has 1 unspecified atom stereocenters. The number of nitrogens with zero attached hydrogens (tertiary/aromatic N) is 3. The van der Waals surface area contributed by atoms with Gasteiger partial charge in [-0.3, -0.25) is 4.79 Å². The Morgan fingerprint density at radius 2 is 1.70 bits per heavy atom. The minimum Gasteiger partial charge on any atom is -0.479 e. The summed E-state index contributed by atoms with van der Waals surface area (Å²) in [6.07, 6.45) is -0.0219. The van der Waals surface area contributed by atoms with Gasteiger partial charge in [-0.25, -0.2) is 9.59 Å². The normalized spacial score (nSPS) is 26.0. The lowest BCUT2D eigenvalue weighted by atomic mass is 9.95. The van der Waals surface area contributed by atoms with Gasteiger partial charge in [0.15, 0.2) is 6.10 Å². The summed E-state index contributed by atoms with van der Waals surface area (Å²) >= 11 is 0. The summed E-state index contributed by atoms with van der Waals surface area (Å²) in [6.45, 7) is 3.38. The number of amides is 3. The Hall–Kier alpha value is -1.83. The quantitative estimate of drug-likeness (QED) is 0.776. The van der Waals surface area contributed by atoms with Crippen molar-refractivity contribution >= 4 is 17.9 Å². The third-order valence-corrected chi connectivity index (χ3v) is 4.34. The molecule has 2 rings (SSSR count). The first-order chi connectivity index (χ1) is 10.8. The Balaban J connectivity index is 1.91. The van der Waals surface area contributed by atoms with Gasteiger partial charge in [-0.05, 0) is 19.8 Å². The molecular weight excluding hydrogens is 302 g/mol. The highest BCUT2D eigenvalue weighted by molar-refractivity contribution is 5.81. The number of morpholine rings is 1. The smallest absolute Gasteiger partial charge is 0.334 e. The molecule has 2 atom stereocenters. The molecule has 3 amide bonds. The van der Waals surface area contributed by atoms with Crippen molar-refractivity contribution in [2.45, 2.75) is 32.0 Å². The molecule has 0 bridgehead atoms. The molecular formula is C15H25N3O5. The molecule has 0 saturated carbocycles. The molecule has 8 nitrogen and oxygen atoms in total. The van der Waals surface area contributed by atoms with E-state index in [0.717, 1.165) is 0 Å². The van der Waals surface area contributed by atoms with E-state index in [0.29, 0.717) is 32.5 Å². The molecule has 0 spiro atoms. The molecule has 130 valence electrons. The molecule has 2 heterocycles. The van der Waals surface area contributed by atoms with Crippen molar-refractivity contribution in [3.05, 3.63) is 0 Å². The molecule has 0 aromatic carbocycles. The highest BCUT2D eigenvalue weighted by Crippen LogP contribution is 2.22. The SMILES string of the molecule is C[C@@H]1CN(C(=O)C2CCN(C(=O)N(C)C)CC2)CC(C(=O)O)O1. The molecule has 1 N–H and O–H groups in total. The van der Waals surface area contributed by atoms with Gasteiger partial charge in [-0.15, -0.1) is 0 Å². The van der Waals surface area contributed by atoms with Crippen molar-refractivity contribution in [3.8, 4) is 0 Å². The van der Waals surface area contributed by atoms with Crippen LogP contribution in [0.3, 0.4) is 0 Å². The van der Waals surface area contributed by atoms with Gasteiger partial charge in [0.2, 0.25) is 5.91 Å². The lowest BCUT2D eigenvalue weighted by Gasteiger charge is -2.39. The lowest BCUT2D eigenvalue weighted by molar-refractivity contribution is -0.168. The Kier molecular flexibility index (Phi) is 5.46. The second-order valence-electron chi connectivity index (χ2n) is 6.46. The van der Waals surface area contributed by atoms with Crippen LogP contribution in [-0.4, -0.2) is 90.2 Å². The maximum Gasteiger partial charge on any atom is 0.334 e. The van der Waals surface area contributed by atoms with Crippen LogP contribution in [0.1, 0.15) is 19.8 Å². The Labute approximate surface area is 136 Å². The van der Waals surface area contributed by atoms with E-state index in [-0.39, 0.29) is 30.5 Å². The van der Waals surface area contributed by atoms with Crippen LogP contribution in [0.25, 0.3) is 0 Å². The van der Waals surface area contributed by atoms with Crippen LogP contribution in [0.2, 0.25) is 0 Å². The molecule has 2 aliphatic heterocycles. The first-order valence-corrected chi connectivity index (χ1v) is 7.93. The molecule has 0 aliphatic carbocycles. The molecule has 2 aliphatic rings. The van der Waals surface area contributed by atoms with Gasteiger partial charge >= 0.3 is 12.0 Å². The molecule has 2 fully saturated rings. The second kappa shape index (κ2) is 7.16. The average Bonchev–Trinajstić information content (AvgIpc) is 2.52. The van der Waals surface area contributed by atoms with Crippen LogP contribution in [-0.2, 0) is 14.3 Å². The van der Waals surface area contributed by atoms with Crippen LogP contribution >= 0.6 is 0 Å². The van der Waals surface area contributed by atoms with Gasteiger partial charge in [0.05, 0.1) is 12.6 Å². The van der Waals surface area contributed by atoms with Crippen LogP contribution in [0, 0.1) is 5.92 Å². The summed E-state index contributed by atoms with van der Waals surface area (Å²) in [5, 5.41) is 9.10. The third kappa shape index (κ3) is 4.13. The highest BCUT2D eigenvalue weighted by atomic mass is 16.5. The van der Waals surface area contributed by atoms with Crippen molar-refractivity contribution < 1.29 is 24.2 Å². The average molecular weight is 327 g/mol. The predicted octanol–water partition coefficient (Wildman–Crippen LogP) is 0.0805. The number of aliphatic carboxylic acids is 1. The number of likely N-dealkylation sites (tertiary alicyclic amines) is 1.